The minimum atomic E-state index is -0.773. The molecule has 1 saturated heterocycles. The molecule has 0 aromatic carbocycles. The summed E-state index contributed by atoms with van der Waals surface area (Å²) in [6.07, 6.45) is 26.5. The van der Waals surface area contributed by atoms with Gasteiger partial charge in [-0.3, -0.25) is 28.9 Å². The van der Waals surface area contributed by atoms with Crippen molar-refractivity contribution in [3.63, 3.8) is 0 Å². The molecule has 14 heteroatoms. The second-order valence-electron chi connectivity index (χ2n) is 21.2. The van der Waals surface area contributed by atoms with Crippen LogP contribution in [0.2, 0.25) is 0 Å². The van der Waals surface area contributed by atoms with Crippen molar-refractivity contribution in [2.24, 2.45) is 11.8 Å². The maximum Gasteiger partial charge on any atom is 0.410 e. The zero-order chi connectivity index (χ0) is 52.5. The number of amides is 1. The average Bonchev–Trinajstić information content (AvgIpc) is 3.31. The molecule has 71 heavy (non-hydrogen) atoms. The van der Waals surface area contributed by atoms with Crippen LogP contribution < -0.4 is 0 Å². The van der Waals surface area contributed by atoms with E-state index in [0.717, 1.165) is 103 Å². The molecule has 414 valence electrons. The summed E-state index contributed by atoms with van der Waals surface area (Å²) in [7, 11) is 0. The molecule has 1 amide bonds. The van der Waals surface area contributed by atoms with Gasteiger partial charge in [0.15, 0.2) is 0 Å². The molecule has 0 N–H and O–H groups in total. The van der Waals surface area contributed by atoms with Gasteiger partial charge in [-0.1, -0.05) is 156 Å². The lowest BCUT2D eigenvalue weighted by Crippen LogP contribution is -2.63. The Morgan fingerprint density at radius 3 is 1.15 bits per heavy atom. The van der Waals surface area contributed by atoms with E-state index in [-0.39, 0.29) is 101 Å². The van der Waals surface area contributed by atoms with Crippen LogP contribution in [-0.4, -0.2) is 104 Å². The Balaban J connectivity index is 2.90. The van der Waals surface area contributed by atoms with Crippen LogP contribution in [0.1, 0.15) is 254 Å². The van der Waals surface area contributed by atoms with Crippen molar-refractivity contribution in [2.45, 2.75) is 278 Å². The SMILES string of the molecule is CCCCCCCCC(=O)OCC(COC(=O)CCCCCCCC)CC(=O)OC[C@H]1C[C@@H](COC(C)CC(COC(=O)CCCCCCCC)COC(=O)CCCCCCCC)N1C(=O)OC(C)(C)C. The van der Waals surface area contributed by atoms with Crippen LogP contribution in [0.15, 0.2) is 0 Å². The Bertz CT molecular complexity index is 1350. The van der Waals surface area contributed by atoms with E-state index < -0.39 is 29.6 Å². The predicted octanol–water partition coefficient (Wildman–Crippen LogP) is 13.5. The highest BCUT2D eigenvalue weighted by atomic mass is 16.6. The van der Waals surface area contributed by atoms with Crippen molar-refractivity contribution >= 4 is 35.9 Å². The molecule has 3 atom stereocenters. The van der Waals surface area contributed by atoms with E-state index in [1.54, 1.807) is 25.7 Å². The number of hydrogen-bond donors (Lipinski definition) is 0. The standard InChI is InChI=1S/C57H103NO13/c1-9-13-17-21-25-29-33-51(59)66-40-47(41-67-52(60)34-30-26-22-18-14-10-2)37-46(5)65-44-49-39-50(58(49)56(64)71-57(6,7)8)45-70-55(63)38-48(42-68-53(61)35-31-27-23-19-15-11-3)43-69-54(62)36-32-28-24-20-16-12-4/h46-50H,9-45H2,1-8H3/t46?,49-,50+/m0/s1. The molecule has 1 fully saturated rings. The summed E-state index contributed by atoms with van der Waals surface area (Å²) < 4.78 is 40.4. The van der Waals surface area contributed by atoms with Crippen molar-refractivity contribution in [3.05, 3.63) is 0 Å². The zero-order valence-electron chi connectivity index (χ0n) is 46.3. The molecule has 1 aliphatic rings. The lowest BCUT2D eigenvalue weighted by molar-refractivity contribution is -0.157. The number of ether oxygens (including phenoxy) is 7. The van der Waals surface area contributed by atoms with Crippen LogP contribution in [0.4, 0.5) is 4.79 Å². The third kappa shape index (κ3) is 36.2. The van der Waals surface area contributed by atoms with Crippen LogP contribution in [0.3, 0.4) is 0 Å². The molecule has 0 aromatic rings. The first-order valence-electron chi connectivity index (χ1n) is 28.5. The van der Waals surface area contributed by atoms with Crippen molar-refractivity contribution < 1.29 is 61.9 Å². The van der Waals surface area contributed by atoms with E-state index in [2.05, 4.69) is 27.7 Å². The van der Waals surface area contributed by atoms with Gasteiger partial charge in [0.1, 0.15) is 12.2 Å². The lowest BCUT2D eigenvalue weighted by atomic mass is 9.94. The van der Waals surface area contributed by atoms with Gasteiger partial charge in [-0.25, -0.2) is 4.79 Å². The third-order valence-electron chi connectivity index (χ3n) is 12.9. The highest BCUT2D eigenvalue weighted by Gasteiger charge is 2.45. The van der Waals surface area contributed by atoms with E-state index in [0.29, 0.717) is 25.7 Å². The van der Waals surface area contributed by atoms with Crippen molar-refractivity contribution in [2.75, 3.05) is 39.6 Å². The van der Waals surface area contributed by atoms with Gasteiger partial charge in [0.25, 0.3) is 0 Å². The summed E-state index contributed by atoms with van der Waals surface area (Å²) in [6.45, 7) is 16.1. The Morgan fingerprint density at radius 1 is 0.451 bits per heavy atom. The Morgan fingerprint density at radius 2 is 0.789 bits per heavy atom. The van der Waals surface area contributed by atoms with Gasteiger partial charge in [0, 0.05) is 37.5 Å². The second-order valence-corrected chi connectivity index (χ2v) is 21.2. The highest BCUT2D eigenvalue weighted by molar-refractivity contribution is 5.72. The quantitative estimate of drug-likeness (QED) is 0.0321. The fourth-order valence-corrected chi connectivity index (χ4v) is 8.59. The first-order valence-corrected chi connectivity index (χ1v) is 28.5. The first-order chi connectivity index (χ1) is 34.1. The van der Waals surface area contributed by atoms with E-state index in [4.69, 9.17) is 33.2 Å². The Kier molecular flexibility index (Phi) is 38.8. The molecule has 1 heterocycles. The van der Waals surface area contributed by atoms with E-state index in [1.807, 2.05) is 6.92 Å². The molecular formula is C57H103NO13. The van der Waals surface area contributed by atoms with Gasteiger partial charge in [0.2, 0.25) is 0 Å². The molecule has 14 nitrogen and oxygen atoms in total. The number of hydrogen-bond acceptors (Lipinski definition) is 13. The van der Waals surface area contributed by atoms with Crippen molar-refractivity contribution in [1.82, 2.24) is 4.90 Å². The van der Waals surface area contributed by atoms with E-state index in [9.17, 15) is 28.8 Å². The summed E-state index contributed by atoms with van der Waals surface area (Å²) >= 11 is 0. The summed E-state index contributed by atoms with van der Waals surface area (Å²) in [5.74, 6) is -2.63. The fraction of sp³-hybridized carbons (Fsp3) is 0.895. The largest absolute Gasteiger partial charge is 0.465 e. The first kappa shape index (κ1) is 65.6. The maximum absolute atomic E-state index is 13.6. The molecule has 0 radical (unpaired) electrons. The van der Waals surface area contributed by atoms with Crippen molar-refractivity contribution in [3.8, 4) is 0 Å². The number of unbranched alkanes of at least 4 members (excludes halogenated alkanes) is 20. The molecule has 1 aliphatic heterocycles. The van der Waals surface area contributed by atoms with Crippen LogP contribution in [0.5, 0.6) is 0 Å². The number of carbonyl (C=O) groups excluding carboxylic acids is 6. The Labute approximate surface area is 431 Å². The summed E-state index contributed by atoms with van der Waals surface area (Å²) in [4.78, 5) is 79.2. The highest BCUT2D eigenvalue weighted by Crippen LogP contribution is 2.30. The molecule has 0 spiro atoms. The minimum absolute atomic E-state index is 0.0801. The van der Waals surface area contributed by atoms with Gasteiger partial charge in [-0.05, 0) is 66.2 Å². The predicted molar refractivity (Wildman–Crippen MR) is 279 cm³/mol. The summed E-state index contributed by atoms with van der Waals surface area (Å²) in [5.41, 5.74) is -0.773. The lowest BCUT2D eigenvalue weighted by Gasteiger charge is -2.48. The number of esters is 5. The molecule has 0 aliphatic carbocycles. The minimum Gasteiger partial charge on any atom is -0.465 e. The molecular weight excluding hydrogens is 907 g/mol. The number of nitrogens with zero attached hydrogens (tertiary/aromatic N) is 1. The maximum atomic E-state index is 13.6. The van der Waals surface area contributed by atoms with Gasteiger partial charge in [0.05, 0.1) is 57.6 Å². The van der Waals surface area contributed by atoms with Crippen LogP contribution in [0.25, 0.3) is 0 Å². The van der Waals surface area contributed by atoms with Crippen LogP contribution in [0, 0.1) is 11.8 Å². The summed E-state index contributed by atoms with van der Waals surface area (Å²) in [6, 6.07) is -0.823. The van der Waals surface area contributed by atoms with Gasteiger partial charge < -0.3 is 33.2 Å². The van der Waals surface area contributed by atoms with Crippen LogP contribution >= 0.6 is 0 Å². The van der Waals surface area contributed by atoms with Crippen LogP contribution in [-0.2, 0) is 57.1 Å². The number of rotatable bonds is 45. The monoisotopic (exact) mass is 1010 g/mol. The number of likely N-dealkylation sites (tertiary alicyclic amines) is 1. The molecule has 1 unspecified atom stereocenters. The van der Waals surface area contributed by atoms with Gasteiger partial charge >= 0.3 is 35.9 Å². The van der Waals surface area contributed by atoms with Gasteiger partial charge in [-0.2, -0.15) is 0 Å². The molecule has 1 rings (SSSR count). The molecule has 0 bridgehead atoms. The third-order valence-corrected chi connectivity index (χ3v) is 12.9. The zero-order valence-corrected chi connectivity index (χ0v) is 46.3. The fourth-order valence-electron chi connectivity index (χ4n) is 8.59. The normalized spacial score (nSPS) is 15.0. The smallest absolute Gasteiger partial charge is 0.410 e. The van der Waals surface area contributed by atoms with E-state index in [1.165, 1.54) is 51.4 Å². The average molecular weight is 1010 g/mol. The molecule has 0 aromatic heterocycles. The Hall–Kier alpha value is -3.42. The molecule has 0 saturated carbocycles. The van der Waals surface area contributed by atoms with Crippen molar-refractivity contribution in [1.29, 1.82) is 0 Å². The van der Waals surface area contributed by atoms with Gasteiger partial charge in [-0.15, -0.1) is 0 Å². The second kappa shape index (κ2) is 42.0. The topological polar surface area (TPSA) is 170 Å². The summed E-state index contributed by atoms with van der Waals surface area (Å²) in [5, 5.41) is 0. The number of carbonyl (C=O) groups is 6. The van der Waals surface area contributed by atoms with E-state index >= 15 is 0 Å².